The van der Waals surface area contributed by atoms with Crippen LogP contribution >= 0.6 is 0 Å². The second-order valence-corrected chi connectivity index (χ2v) is 8.89. The number of aryl methyl sites for hydroxylation is 2. The number of nitrogens with zero attached hydrogens (tertiary/aromatic N) is 3. The predicted octanol–water partition coefficient (Wildman–Crippen LogP) is 3.77. The monoisotopic (exact) mass is 468 g/mol. The van der Waals surface area contributed by atoms with Gasteiger partial charge in [0.05, 0.1) is 29.8 Å². The van der Waals surface area contributed by atoms with E-state index in [0.29, 0.717) is 55.3 Å². The van der Waals surface area contributed by atoms with Gasteiger partial charge in [0.2, 0.25) is 5.95 Å². The molecule has 7 heteroatoms. The SMILES string of the molecule is Cc1ccc(CNC(=O)c2ccc3c(=O)n(-c4ccc(C)cc4)c(N4CCOCC4)nc3c2)cc1. The highest BCUT2D eigenvalue weighted by Gasteiger charge is 2.21. The van der Waals surface area contributed by atoms with Crippen molar-refractivity contribution in [2.45, 2.75) is 20.4 Å². The fourth-order valence-corrected chi connectivity index (χ4v) is 4.21. The minimum absolute atomic E-state index is 0.160. The van der Waals surface area contributed by atoms with Crippen molar-refractivity contribution in [1.82, 2.24) is 14.9 Å². The van der Waals surface area contributed by atoms with Crippen molar-refractivity contribution in [3.05, 3.63) is 99.3 Å². The Morgan fingerprint density at radius 3 is 2.29 bits per heavy atom. The Kier molecular flexibility index (Phi) is 6.33. The largest absolute Gasteiger partial charge is 0.378 e. The van der Waals surface area contributed by atoms with Crippen molar-refractivity contribution < 1.29 is 9.53 Å². The number of anilines is 1. The van der Waals surface area contributed by atoms with Crippen molar-refractivity contribution in [3.8, 4) is 5.69 Å². The van der Waals surface area contributed by atoms with Gasteiger partial charge in [-0.15, -0.1) is 0 Å². The van der Waals surface area contributed by atoms with Crippen LogP contribution in [0.1, 0.15) is 27.0 Å². The number of rotatable bonds is 5. The normalized spacial score (nSPS) is 13.7. The molecule has 1 N–H and O–H groups in total. The molecule has 0 atom stereocenters. The molecule has 4 aromatic rings. The first-order valence-electron chi connectivity index (χ1n) is 11.8. The molecule has 1 saturated heterocycles. The van der Waals surface area contributed by atoms with E-state index >= 15 is 0 Å². The minimum atomic E-state index is -0.204. The Labute approximate surface area is 204 Å². The van der Waals surface area contributed by atoms with Crippen LogP contribution in [0, 0.1) is 13.8 Å². The van der Waals surface area contributed by atoms with Gasteiger partial charge in [-0.1, -0.05) is 47.5 Å². The number of carbonyl (C=O) groups excluding carboxylic acids is 1. The maximum absolute atomic E-state index is 13.7. The summed E-state index contributed by atoms with van der Waals surface area (Å²) in [5, 5.41) is 3.43. The second-order valence-electron chi connectivity index (χ2n) is 8.89. The Bertz CT molecular complexity index is 1420. The van der Waals surface area contributed by atoms with Gasteiger partial charge in [0.15, 0.2) is 0 Å². The molecule has 1 aliphatic heterocycles. The summed E-state index contributed by atoms with van der Waals surface area (Å²) < 4.78 is 7.17. The zero-order chi connectivity index (χ0) is 24.4. The van der Waals surface area contributed by atoms with E-state index in [9.17, 15) is 9.59 Å². The van der Waals surface area contributed by atoms with Gasteiger partial charge in [-0.05, 0) is 49.7 Å². The number of carbonyl (C=O) groups is 1. The van der Waals surface area contributed by atoms with Crippen LogP contribution in [0.15, 0.2) is 71.5 Å². The van der Waals surface area contributed by atoms with Crippen LogP contribution in [0.4, 0.5) is 5.95 Å². The van der Waals surface area contributed by atoms with Crippen LogP contribution in [0.3, 0.4) is 0 Å². The molecule has 0 radical (unpaired) electrons. The maximum Gasteiger partial charge on any atom is 0.267 e. The molecule has 0 aliphatic carbocycles. The Morgan fingerprint density at radius 2 is 1.60 bits per heavy atom. The molecule has 1 fully saturated rings. The fraction of sp³-hybridized carbons (Fsp3) is 0.250. The molecule has 0 unspecified atom stereocenters. The van der Waals surface area contributed by atoms with E-state index in [0.717, 1.165) is 16.8 Å². The maximum atomic E-state index is 13.7. The minimum Gasteiger partial charge on any atom is -0.378 e. The van der Waals surface area contributed by atoms with Crippen LogP contribution in [0.2, 0.25) is 0 Å². The number of amides is 1. The van der Waals surface area contributed by atoms with Crippen LogP contribution in [-0.2, 0) is 11.3 Å². The molecule has 1 amide bonds. The average molecular weight is 469 g/mol. The zero-order valence-corrected chi connectivity index (χ0v) is 20.0. The lowest BCUT2D eigenvalue weighted by Crippen LogP contribution is -2.40. The summed E-state index contributed by atoms with van der Waals surface area (Å²) in [7, 11) is 0. The molecule has 35 heavy (non-hydrogen) atoms. The van der Waals surface area contributed by atoms with Gasteiger partial charge in [0.25, 0.3) is 11.5 Å². The van der Waals surface area contributed by atoms with Crippen molar-refractivity contribution in [3.63, 3.8) is 0 Å². The summed E-state index contributed by atoms with van der Waals surface area (Å²) in [5.74, 6) is 0.358. The average Bonchev–Trinajstić information content (AvgIpc) is 2.89. The summed E-state index contributed by atoms with van der Waals surface area (Å²) in [6.45, 7) is 6.90. The number of aromatic nitrogens is 2. The number of morpholine rings is 1. The Morgan fingerprint density at radius 1 is 0.943 bits per heavy atom. The standard InChI is InChI=1S/C28H28N4O3/c1-19-3-7-21(8-4-19)18-29-26(33)22-9-12-24-25(17-22)30-28(31-13-15-35-16-14-31)32(27(24)34)23-10-5-20(2)6-11-23/h3-12,17H,13-16,18H2,1-2H3,(H,29,33). The summed E-state index contributed by atoms with van der Waals surface area (Å²) in [5.41, 5.74) is 4.89. The van der Waals surface area contributed by atoms with E-state index in [4.69, 9.17) is 9.72 Å². The van der Waals surface area contributed by atoms with Gasteiger partial charge in [-0.3, -0.25) is 9.59 Å². The number of fused-ring (bicyclic) bond motifs is 1. The van der Waals surface area contributed by atoms with Gasteiger partial charge in [-0.2, -0.15) is 0 Å². The van der Waals surface area contributed by atoms with Crippen molar-refractivity contribution in [2.75, 3.05) is 31.2 Å². The molecular weight excluding hydrogens is 440 g/mol. The lowest BCUT2D eigenvalue weighted by atomic mass is 10.1. The highest BCUT2D eigenvalue weighted by molar-refractivity contribution is 5.97. The van der Waals surface area contributed by atoms with Gasteiger partial charge in [0, 0.05) is 25.2 Å². The van der Waals surface area contributed by atoms with Gasteiger partial charge in [0.1, 0.15) is 0 Å². The van der Waals surface area contributed by atoms with Crippen LogP contribution in [0.25, 0.3) is 16.6 Å². The van der Waals surface area contributed by atoms with Gasteiger partial charge >= 0.3 is 0 Å². The lowest BCUT2D eigenvalue weighted by molar-refractivity contribution is 0.0951. The quantitative estimate of drug-likeness (QED) is 0.483. The molecule has 178 valence electrons. The van der Waals surface area contributed by atoms with Crippen LogP contribution < -0.4 is 15.8 Å². The first kappa shape index (κ1) is 22.8. The molecule has 2 heterocycles. The van der Waals surface area contributed by atoms with Crippen molar-refractivity contribution >= 4 is 22.8 Å². The zero-order valence-electron chi connectivity index (χ0n) is 20.0. The smallest absolute Gasteiger partial charge is 0.267 e. The molecule has 3 aromatic carbocycles. The third-order valence-electron chi connectivity index (χ3n) is 6.27. The number of nitrogens with one attached hydrogen (secondary N) is 1. The molecule has 7 nitrogen and oxygen atoms in total. The van der Waals surface area contributed by atoms with E-state index in [-0.39, 0.29) is 11.5 Å². The van der Waals surface area contributed by atoms with Crippen molar-refractivity contribution in [1.29, 1.82) is 0 Å². The third-order valence-corrected chi connectivity index (χ3v) is 6.27. The summed E-state index contributed by atoms with van der Waals surface area (Å²) in [6, 6.07) is 20.9. The van der Waals surface area contributed by atoms with Crippen molar-refractivity contribution in [2.24, 2.45) is 0 Å². The molecule has 0 spiro atoms. The van der Waals surface area contributed by atoms with E-state index in [1.807, 2.05) is 62.4 Å². The summed E-state index contributed by atoms with van der Waals surface area (Å²) >= 11 is 0. The molecule has 1 aliphatic rings. The third kappa shape index (κ3) is 4.81. The second kappa shape index (κ2) is 9.72. The topological polar surface area (TPSA) is 76.5 Å². The number of hydrogen-bond acceptors (Lipinski definition) is 5. The Hall–Kier alpha value is -3.97. The van der Waals surface area contributed by atoms with E-state index in [1.54, 1.807) is 22.8 Å². The summed E-state index contributed by atoms with van der Waals surface area (Å²) in [4.78, 5) is 33.5. The molecule has 0 saturated carbocycles. The highest BCUT2D eigenvalue weighted by atomic mass is 16.5. The fourth-order valence-electron chi connectivity index (χ4n) is 4.21. The van der Waals surface area contributed by atoms with Gasteiger partial charge in [-0.25, -0.2) is 9.55 Å². The molecule has 1 aromatic heterocycles. The highest BCUT2D eigenvalue weighted by Crippen LogP contribution is 2.22. The Balaban J connectivity index is 1.52. The van der Waals surface area contributed by atoms with E-state index in [2.05, 4.69) is 10.2 Å². The first-order chi connectivity index (χ1) is 17.0. The first-order valence-corrected chi connectivity index (χ1v) is 11.8. The van der Waals surface area contributed by atoms with Crippen LogP contribution in [-0.4, -0.2) is 41.8 Å². The van der Waals surface area contributed by atoms with Gasteiger partial charge < -0.3 is 15.0 Å². The lowest BCUT2D eigenvalue weighted by Gasteiger charge is -2.30. The number of hydrogen-bond donors (Lipinski definition) is 1. The van der Waals surface area contributed by atoms with E-state index in [1.165, 1.54) is 5.56 Å². The van der Waals surface area contributed by atoms with Crippen LogP contribution in [0.5, 0.6) is 0 Å². The number of ether oxygens (including phenoxy) is 1. The number of benzene rings is 3. The summed E-state index contributed by atoms with van der Waals surface area (Å²) in [6.07, 6.45) is 0. The van der Waals surface area contributed by atoms with E-state index < -0.39 is 0 Å². The predicted molar refractivity (Wildman–Crippen MR) is 137 cm³/mol. The molecule has 0 bridgehead atoms. The molecule has 5 rings (SSSR count). The molecular formula is C28H28N4O3.